The van der Waals surface area contributed by atoms with Gasteiger partial charge >= 0.3 is 0 Å². The van der Waals surface area contributed by atoms with Crippen LogP contribution in [-0.2, 0) is 0 Å². The molecule has 0 N–H and O–H groups in total. The predicted octanol–water partition coefficient (Wildman–Crippen LogP) is 2.97. The molecule has 1 aliphatic heterocycles. The Bertz CT molecular complexity index is 167. The largest absolute Gasteiger partial charge is 0.300 e. The Morgan fingerprint density at radius 3 is 2.62 bits per heavy atom. The zero-order valence-corrected chi connectivity index (χ0v) is 10.7. The molecule has 1 aliphatic rings. The molecular formula is C11H24NP. The number of hydrogen-bond donors (Lipinski definition) is 0. The van der Waals surface area contributed by atoms with Crippen LogP contribution in [0.15, 0.2) is 0 Å². The lowest BCUT2D eigenvalue weighted by molar-refractivity contribution is 0.211. The average Bonchev–Trinajstić information content (AvgIpc) is 2.09. The van der Waals surface area contributed by atoms with Crippen LogP contribution in [0.3, 0.4) is 0 Å². The molecule has 1 saturated heterocycles. The first kappa shape index (κ1) is 11.5. The third kappa shape index (κ3) is 3.22. The predicted molar refractivity (Wildman–Crippen MR) is 62.9 cm³/mol. The second kappa shape index (κ2) is 4.28. The highest BCUT2D eigenvalue weighted by molar-refractivity contribution is 7.17. The topological polar surface area (TPSA) is 3.24 Å². The van der Waals surface area contributed by atoms with Crippen molar-refractivity contribution in [3.8, 4) is 0 Å². The maximum atomic E-state index is 2.99. The molecule has 0 aliphatic carbocycles. The van der Waals surface area contributed by atoms with Crippen LogP contribution in [0.5, 0.6) is 0 Å². The summed E-state index contributed by atoms with van der Waals surface area (Å²) < 4.78 is 0. The normalized spacial score (nSPS) is 35.8. The highest BCUT2D eigenvalue weighted by Gasteiger charge is 2.30. The van der Waals surface area contributed by atoms with Gasteiger partial charge < -0.3 is 0 Å². The van der Waals surface area contributed by atoms with Gasteiger partial charge in [-0.3, -0.25) is 4.90 Å². The first-order valence-electron chi connectivity index (χ1n) is 5.40. The monoisotopic (exact) mass is 201 g/mol. The first-order valence-corrected chi connectivity index (χ1v) is 6.07. The van der Waals surface area contributed by atoms with E-state index in [0.29, 0.717) is 11.2 Å². The molecule has 0 bridgehead atoms. The molecule has 1 nitrogen and oxygen atoms in total. The molecule has 2 heteroatoms. The van der Waals surface area contributed by atoms with Crippen molar-refractivity contribution >= 4 is 9.24 Å². The summed E-state index contributed by atoms with van der Waals surface area (Å²) in [5.41, 5.74) is 0.501. The van der Waals surface area contributed by atoms with Gasteiger partial charge in [0.1, 0.15) is 0 Å². The highest BCUT2D eigenvalue weighted by Crippen LogP contribution is 2.36. The van der Waals surface area contributed by atoms with Gasteiger partial charge in [-0.15, -0.1) is 9.24 Å². The Balaban J connectivity index is 2.68. The minimum Gasteiger partial charge on any atom is -0.300 e. The lowest BCUT2D eigenvalue weighted by Gasteiger charge is -2.29. The minimum atomic E-state index is 0.501. The molecule has 0 radical (unpaired) electrons. The molecule has 3 unspecified atom stereocenters. The van der Waals surface area contributed by atoms with E-state index in [9.17, 15) is 0 Å². The Labute approximate surface area is 85.5 Å². The quantitative estimate of drug-likeness (QED) is 0.589. The lowest BCUT2D eigenvalue weighted by Crippen LogP contribution is -2.32. The zero-order chi connectivity index (χ0) is 10.1. The van der Waals surface area contributed by atoms with Crippen LogP contribution in [0.25, 0.3) is 0 Å². The van der Waals surface area contributed by atoms with Crippen molar-refractivity contribution < 1.29 is 0 Å². The summed E-state index contributed by atoms with van der Waals surface area (Å²) in [5, 5.41) is 0. The summed E-state index contributed by atoms with van der Waals surface area (Å²) in [6, 6.07) is 0. The van der Waals surface area contributed by atoms with Gasteiger partial charge in [0.05, 0.1) is 0 Å². The maximum Gasteiger partial charge on any atom is 0.0239 e. The van der Waals surface area contributed by atoms with E-state index in [2.05, 4.69) is 42.0 Å². The van der Waals surface area contributed by atoms with E-state index in [-0.39, 0.29) is 0 Å². The number of rotatable bonds is 1. The van der Waals surface area contributed by atoms with E-state index >= 15 is 0 Å². The third-order valence-corrected chi connectivity index (χ3v) is 4.02. The molecule has 0 aromatic rings. The van der Waals surface area contributed by atoms with E-state index in [1.54, 1.807) is 0 Å². The Hall–Kier alpha value is 0.390. The average molecular weight is 201 g/mol. The molecule has 1 rings (SSSR count). The van der Waals surface area contributed by atoms with E-state index < -0.39 is 0 Å². The van der Waals surface area contributed by atoms with Crippen LogP contribution >= 0.6 is 9.24 Å². The molecule has 0 spiro atoms. The summed E-state index contributed by atoms with van der Waals surface area (Å²) in [7, 11) is 5.23. The number of nitrogens with zero attached hydrogens (tertiary/aromatic N) is 1. The van der Waals surface area contributed by atoms with Gasteiger partial charge in [0.2, 0.25) is 0 Å². The van der Waals surface area contributed by atoms with Gasteiger partial charge in [0.15, 0.2) is 0 Å². The van der Waals surface area contributed by atoms with Gasteiger partial charge in [-0.1, -0.05) is 27.2 Å². The first-order chi connectivity index (χ1) is 5.94. The van der Waals surface area contributed by atoms with Crippen LogP contribution in [0.4, 0.5) is 0 Å². The van der Waals surface area contributed by atoms with Gasteiger partial charge in [0, 0.05) is 12.3 Å². The molecule has 0 saturated carbocycles. The summed E-state index contributed by atoms with van der Waals surface area (Å²) in [4.78, 5) is 2.49. The van der Waals surface area contributed by atoms with Crippen molar-refractivity contribution in [3.63, 3.8) is 0 Å². The standard InChI is InChI=1S/C11H24NP/c1-5-9-6-10(13)12(4)8-11(2,3)7-9/h9-10H,5-8,13H2,1-4H3. The van der Waals surface area contributed by atoms with E-state index in [1.807, 2.05) is 0 Å². The summed E-state index contributed by atoms with van der Waals surface area (Å²) in [6.07, 6.45) is 4.07. The fourth-order valence-electron chi connectivity index (χ4n) is 2.55. The molecule has 0 aromatic carbocycles. The Morgan fingerprint density at radius 1 is 1.46 bits per heavy atom. The molecular weight excluding hydrogens is 177 g/mol. The molecule has 0 aromatic heterocycles. The molecule has 13 heavy (non-hydrogen) atoms. The summed E-state index contributed by atoms with van der Waals surface area (Å²) in [5.74, 6) is 1.61. The van der Waals surface area contributed by atoms with Crippen molar-refractivity contribution in [2.75, 3.05) is 13.6 Å². The zero-order valence-electron chi connectivity index (χ0n) is 9.51. The molecule has 3 atom stereocenters. The summed E-state index contributed by atoms with van der Waals surface area (Å²) in [6.45, 7) is 8.35. The van der Waals surface area contributed by atoms with Crippen LogP contribution in [0.2, 0.25) is 0 Å². The van der Waals surface area contributed by atoms with Gasteiger partial charge in [0.25, 0.3) is 0 Å². The number of likely N-dealkylation sites (tertiary alicyclic amines) is 1. The smallest absolute Gasteiger partial charge is 0.0239 e. The van der Waals surface area contributed by atoms with E-state index in [4.69, 9.17) is 0 Å². The van der Waals surface area contributed by atoms with Crippen molar-refractivity contribution in [2.45, 2.75) is 45.8 Å². The minimum absolute atomic E-state index is 0.501. The molecule has 1 fully saturated rings. The van der Waals surface area contributed by atoms with Crippen molar-refractivity contribution in [1.29, 1.82) is 0 Å². The van der Waals surface area contributed by atoms with Crippen LogP contribution in [0, 0.1) is 11.3 Å². The molecule has 0 amide bonds. The van der Waals surface area contributed by atoms with Crippen molar-refractivity contribution in [3.05, 3.63) is 0 Å². The van der Waals surface area contributed by atoms with Crippen LogP contribution < -0.4 is 0 Å². The second-order valence-corrected chi connectivity index (χ2v) is 6.13. The van der Waals surface area contributed by atoms with Crippen LogP contribution in [0.1, 0.15) is 40.0 Å². The lowest BCUT2D eigenvalue weighted by atomic mass is 9.82. The van der Waals surface area contributed by atoms with Crippen LogP contribution in [-0.4, -0.2) is 24.3 Å². The summed E-state index contributed by atoms with van der Waals surface area (Å²) >= 11 is 0. The van der Waals surface area contributed by atoms with Gasteiger partial charge in [-0.2, -0.15) is 0 Å². The van der Waals surface area contributed by atoms with Gasteiger partial charge in [-0.25, -0.2) is 0 Å². The fraction of sp³-hybridized carbons (Fsp3) is 1.00. The third-order valence-electron chi connectivity index (χ3n) is 3.24. The molecule has 78 valence electrons. The highest BCUT2D eigenvalue weighted by atomic mass is 31.0. The Morgan fingerprint density at radius 2 is 2.08 bits per heavy atom. The van der Waals surface area contributed by atoms with Crippen molar-refractivity contribution in [2.24, 2.45) is 11.3 Å². The maximum absolute atomic E-state index is 2.99. The second-order valence-electron chi connectivity index (χ2n) is 5.36. The SMILES string of the molecule is CCC1CC(P)N(C)CC(C)(C)C1. The number of hydrogen-bond acceptors (Lipinski definition) is 1. The van der Waals surface area contributed by atoms with E-state index in [0.717, 1.165) is 5.92 Å². The fourth-order valence-corrected chi connectivity index (χ4v) is 3.04. The van der Waals surface area contributed by atoms with E-state index in [1.165, 1.54) is 25.8 Å². The molecule has 1 heterocycles. The van der Waals surface area contributed by atoms with Crippen molar-refractivity contribution in [1.82, 2.24) is 4.90 Å². The Kier molecular flexibility index (Phi) is 3.77. The van der Waals surface area contributed by atoms with Gasteiger partial charge in [-0.05, 0) is 31.2 Å².